The van der Waals surface area contributed by atoms with E-state index in [4.69, 9.17) is 0 Å². The Balaban J connectivity index is 5.61. The number of ketones is 1. The molecule has 1 unspecified atom stereocenters. The minimum absolute atomic E-state index is 0.0907. The van der Waals surface area contributed by atoms with Crippen molar-refractivity contribution in [3.05, 3.63) is 54.8 Å². The molecule has 0 aromatic carbocycles. The average molecular weight is 318 g/mol. The smallest absolute Gasteiger partial charge is 0.190 e. The van der Waals surface area contributed by atoms with Crippen LogP contribution in [0, 0.1) is 12.8 Å². The second-order valence-electron chi connectivity index (χ2n) is 5.63. The first kappa shape index (κ1) is 21.2. The van der Waals surface area contributed by atoms with Crippen molar-refractivity contribution in [2.75, 3.05) is 7.05 Å². The van der Waals surface area contributed by atoms with E-state index in [-0.39, 0.29) is 12.3 Å². The van der Waals surface area contributed by atoms with E-state index in [1.165, 1.54) is 0 Å². The van der Waals surface area contributed by atoms with Crippen LogP contribution in [0.5, 0.6) is 0 Å². The molecule has 2 nitrogen and oxygen atoms in total. The van der Waals surface area contributed by atoms with Gasteiger partial charge in [0.2, 0.25) is 0 Å². The summed E-state index contributed by atoms with van der Waals surface area (Å²) in [7, 11) is 1.76. The second-order valence-corrected chi connectivity index (χ2v) is 5.63. The zero-order valence-corrected chi connectivity index (χ0v) is 14.9. The highest BCUT2D eigenvalue weighted by Crippen LogP contribution is 2.27. The van der Waals surface area contributed by atoms with Crippen LogP contribution in [-0.4, -0.2) is 18.5 Å². The fourth-order valence-corrected chi connectivity index (χ4v) is 2.65. The van der Waals surface area contributed by atoms with E-state index in [0.29, 0.717) is 12.8 Å². The maximum atomic E-state index is 12.9. The molecule has 0 N–H and O–H groups in total. The lowest BCUT2D eigenvalue weighted by Gasteiger charge is -2.23. The molecule has 127 valence electrons. The first-order valence-corrected chi connectivity index (χ1v) is 7.97. The molecule has 0 fully saturated rings. The molecule has 1 radical (unpaired) electrons. The topological polar surface area (TPSA) is 29.4 Å². The van der Waals surface area contributed by atoms with Gasteiger partial charge in [-0.15, -0.1) is 0 Å². The van der Waals surface area contributed by atoms with Gasteiger partial charge in [0, 0.05) is 25.1 Å². The molecule has 1 atom stereocenters. The Hall–Kier alpha value is -1.77. The van der Waals surface area contributed by atoms with E-state index >= 15 is 0 Å². The van der Waals surface area contributed by atoms with Crippen molar-refractivity contribution in [1.82, 2.24) is 0 Å². The molecule has 0 aliphatic carbocycles. The van der Waals surface area contributed by atoms with Gasteiger partial charge in [0.15, 0.2) is 11.6 Å². The number of aliphatic imine (C=N–C) groups is 1. The normalized spacial score (nSPS) is 13.5. The third-order valence-electron chi connectivity index (χ3n) is 3.81. The monoisotopic (exact) mass is 318 g/mol. The van der Waals surface area contributed by atoms with E-state index in [2.05, 4.69) is 25.1 Å². The first-order valence-electron chi connectivity index (χ1n) is 7.97. The van der Waals surface area contributed by atoms with Crippen molar-refractivity contribution in [3.8, 4) is 0 Å². The van der Waals surface area contributed by atoms with Gasteiger partial charge < -0.3 is 0 Å². The van der Waals surface area contributed by atoms with Gasteiger partial charge in [-0.25, -0.2) is 4.39 Å². The van der Waals surface area contributed by atoms with E-state index in [1.807, 2.05) is 26.8 Å². The van der Waals surface area contributed by atoms with Gasteiger partial charge in [-0.05, 0) is 51.2 Å². The van der Waals surface area contributed by atoms with Crippen molar-refractivity contribution >= 4 is 11.5 Å². The molecule has 0 saturated carbocycles. The summed E-state index contributed by atoms with van der Waals surface area (Å²) in [4.78, 5) is 16.0. The van der Waals surface area contributed by atoms with Crippen LogP contribution in [0.3, 0.4) is 0 Å². The highest BCUT2D eigenvalue weighted by atomic mass is 19.1. The largest absolute Gasteiger partial charge is 0.292 e. The number of hydrogen-bond acceptors (Lipinski definition) is 2. The molecule has 23 heavy (non-hydrogen) atoms. The number of rotatable bonds is 10. The van der Waals surface area contributed by atoms with Crippen molar-refractivity contribution in [2.24, 2.45) is 10.9 Å². The average Bonchev–Trinajstić information content (AvgIpc) is 2.51. The van der Waals surface area contributed by atoms with E-state index < -0.39 is 11.6 Å². The van der Waals surface area contributed by atoms with Gasteiger partial charge in [-0.2, -0.15) is 0 Å². The Morgan fingerprint density at radius 1 is 1.35 bits per heavy atom. The fraction of sp³-hybridized carbons (Fsp3) is 0.450. The molecule has 0 saturated heterocycles. The van der Waals surface area contributed by atoms with Gasteiger partial charge in [-0.3, -0.25) is 9.79 Å². The molecule has 3 heteroatoms. The van der Waals surface area contributed by atoms with Crippen LogP contribution in [0.4, 0.5) is 4.39 Å². The molecule has 0 heterocycles. The first-order chi connectivity index (χ1) is 10.8. The SMILES string of the molecule is [CH2]C/C(=C/C=C)C(C(=NC)C(CC)CCC(=O)C(=C)F)=C(C)C. The maximum Gasteiger partial charge on any atom is 0.190 e. The second kappa shape index (κ2) is 10.9. The molecule has 0 rings (SSSR count). The number of hydrogen-bond donors (Lipinski definition) is 0. The molecule has 0 aromatic heterocycles. The zero-order valence-electron chi connectivity index (χ0n) is 14.9. The van der Waals surface area contributed by atoms with Crippen molar-refractivity contribution in [1.29, 1.82) is 0 Å². The van der Waals surface area contributed by atoms with Crippen molar-refractivity contribution in [2.45, 2.75) is 46.5 Å². The van der Waals surface area contributed by atoms with Gasteiger partial charge in [0.05, 0.1) is 0 Å². The summed E-state index contributed by atoms with van der Waals surface area (Å²) in [5.74, 6) is -1.31. The number of Topliss-reactive ketones (excluding diaryl/α,β-unsaturated/α-hetero) is 1. The number of carbonyl (C=O) groups excluding carboxylic acids is 1. The van der Waals surface area contributed by atoms with E-state index in [9.17, 15) is 9.18 Å². The minimum atomic E-state index is -0.873. The summed E-state index contributed by atoms with van der Waals surface area (Å²) in [6.45, 7) is 16.9. The van der Waals surface area contributed by atoms with Crippen LogP contribution in [0.2, 0.25) is 0 Å². The number of carbonyl (C=O) groups is 1. The number of nitrogens with zero attached hydrogens (tertiary/aromatic N) is 1. The lowest BCUT2D eigenvalue weighted by molar-refractivity contribution is -0.117. The lowest BCUT2D eigenvalue weighted by atomic mass is 9.83. The Bertz CT molecular complexity index is 534. The Kier molecular flexibility index (Phi) is 10.0. The van der Waals surface area contributed by atoms with E-state index in [1.54, 1.807) is 13.1 Å². The molecular formula is C20H29FNO. The van der Waals surface area contributed by atoms with Gasteiger partial charge in [0.25, 0.3) is 0 Å². The van der Waals surface area contributed by atoms with Gasteiger partial charge >= 0.3 is 0 Å². The third kappa shape index (κ3) is 6.47. The zero-order chi connectivity index (χ0) is 18.0. The summed E-state index contributed by atoms with van der Waals surface area (Å²) in [6, 6.07) is 0. The molecular weight excluding hydrogens is 289 g/mol. The summed E-state index contributed by atoms with van der Waals surface area (Å²) >= 11 is 0. The highest BCUT2D eigenvalue weighted by Gasteiger charge is 2.22. The fourth-order valence-electron chi connectivity index (χ4n) is 2.65. The third-order valence-corrected chi connectivity index (χ3v) is 3.81. The summed E-state index contributed by atoms with van der Waals surface area (Å²) in [5.41, 5.74) is 4.23. The standard InChI is InChI=1S/C20H29FNO/c1-8-11-16(9-2)19(14(4)5)20(22-7)17(10-3)12-13-18(23)15(6)21/h8,11,17H,1-2,6,9-10,12-13H2,3-5,7H3/b16-11-,22-20?. The number of allylic oxidation sites excluding steroid dienone is 6. The minimum Gasteiger partial charge on any atom is -0.292 e. The molecule has 0 spiro atoms. The maximum absolute atomic E-state index is 12.9. The van der Waals surface area contributed by atoms with Crippen LogP contribution < -0.4 is 0 Å². The summed E-state index contributed by atoms with van der Waals surface area (Å²) < 4.78 is 12.9. The molecule has 0 aliphatic heterocycles. The molecule has 0 amide bonds. The van der Waals surface area contributed by atoms with Crippen molar-refractivity contribution in [3.63, 3.8) is 0 Å². The number of halogens is 1. The quantitative estimate of drug-likeness (QED) is 0.293. The van der Waals surface area contributed by atoms with Crippen LogP contribution in [0.25, 0.3) is 0 Å². The Morgan fingerprint density at radius 2 is 1.96 bits per heavy atom. The van der Waals surface area contributed by atoms with Crippen LogP contribution in [0.15, 0.2) is 52.8 Å². The Labute approximate surface area is 140 Å². The predicted octanol–water partition coefficient (Wildman–Crippen LogP) is 5.59. The summed E-state index contributed by atoms with van der Waals surface area (Å²) in [6.07, 6.45) is 5.85. The highest BCUT2D eigenvalue weighted by molar-refractivity contribution is 6.06. The molecule has 0 aliphatic rings. The van der Waals surface area contributed by atoms with Crippen LogP contribution >= 0.6 is 0 Å². The molecule has 0 bridgehead atoms. The van der Waals surface area contributed by atoms with Crippen LogP contribution in [0.1, 0.15) is 46.5 Å². The van der Waals surface area contributed by atoms with Crippen molar-refractivity contribution < 1.29 is 9.18 Å². The van der Waals surface area contributed by atoms with E-state index in [0.717, 1.165) is 28.9 Å². The predicted molar refractivity (Wildman–Crippen MR) is 98.3 cm³/mol. The van der Waals surface area contributed by atoms with Gasteiger partial charge in [-0.1, -0.05) is 37.8 Å². The molecule has 0 aromatic rings. The van der Waals surface area contributed by atoms with Gasteiger partial charge in [0.1, 0.15) is 0 Å². The Morgan fingerprint density at radius 3 is 2.30 bits per heavy atom. The summed E-state index contributed by atoms with van der Waals surface area (Å²) in [5, 5.41) is 0. The lowest BCUT2D eigenvalue weighted by Crippen LogP contribution is -2.20. The van der Waals surface area contributed by atoms with Crippen LogP contribution in [-0.2, 0) is 4.79 Å².